The van der Waals surface area contributed by atoms with Gasteiger partial charge in [0.25, 0.3) is 0 Å². The molecule has 2 aromatic carbocycles. The predicted molar refractivity (Wildman–Crippen MR) is 131 cm³/mol. The molecule has 7 heteroatoms. The average Bonchev–Trinajstić information content (AvgIpc) is 3.60. The quantitative estimate of drug-likeness (QED) is 0.547. The van der Waals surface area contributed by atoms with Gasteiger partial charge in [0.2, 0.25) is 5.91 Å². The van der Waals surface area contributed by atoms with Gasteiger partial charge in [0.1, 0.15) is 6.61 Å². The lowest BCUT2D eigenvalue weighted by atomic mass is 9.86. The summed E-state index contributed by atoms with van der Waals surface area (Å²) >= 11 is 0. The summed E-state index contributed by atoms with van der Waals surface area (Å²) in [4.78, 5) is 37.0. The molecule has 35 heavy (non-hydrogen) atoms. The third-order valence-electron chi connectivity index (χ3n) is 8.08. The van der Waals surface area contributed by atoms with E-state index in [4.69, 9.17) is 4.74 Å². The first-order chi connectivity index (χ1) is 17.0. The number of hydrogen-bond donors (Lipinski definition) is 3. The van der Waals surface area contributed by atoms with Gasteiger partial charge in [0, 0.05) is 24.4 Å². The Bertz CT molecular complexity index is 1080. The number of aliphatic carboxylic acids is 1. The van der Waals surface area contributed by atoms with Gasteiger partial charge in [-0.15, -0.1) is 0 Å². The minimum atomic E-state index is -0.826. The standard InChI is InChI=1S/C28H32N2O5/c31-25(29-17-28(26(32)33)13-5-6-14-28)18-11-12-19(15-18)30-27(34)35-16-24-22-9-3-1-7-20(22)21-8-2-4-10-23(21)24/h1-4,7-10,18-19,24H,5-6,11-17H2,(H,29,31)(H,30,34)(H,32,33)/t18-,19+/m0/s1. The van der Waals surface area contributed by atoms with Crippen LogP contribution in [0.1, 0.15) is 62.0 Å². The molecule has 0 radical (unpaired) electrons. The fourth-order valence-corrected chi connectivity index (χ4v) is 6.08. The van der Waals surface area contributed by atoms with Gasteiger partial charge in [-0.1, -0.05) is 61.4 Å². The summed E-state index contributed by atoms with van der Waals surface area (Å²) in [6.45, 7) is 0.440. The molecule has 2 saturated carbocycles. The maximum Gasteiger partial charge on any atom is 0.407 e. The van der Waals surface area contributed by atoms with E-state index in [2.05, 4.69) is 34.9 Å². The first-order valence-corrected chi connectivity index (χ1v) is 12.6. The smallest absolute Gasteiger partial charge is 0.407 e. The Kier molecular flexibility index (Phi) is 6.50. The van der Waals surface area contributed by atoms with Crippen molar-refractivity contribution in [3.8, 4) is 11.1 Å². The molecule has 2 amide bonds. The zero-order valence-electron chi connectivity index (χ0n) is 19.8. The van der Waals surface area contributed by atoms with Crippen LogP contribution in [0.25, 0.3) is 11.1 Å². The van der Waals surface area contributed by atoms with E-state index in [-0.39, 0.29) is 36.9 Å². The Morgan fingerprint density at radius 3 is 2.20 bits per heavy atom. The van der Waals surface area contributed by atoms with Crippen LogP contribution >= 0.6 is 0 Å². The molecule has 0 saturated heterocycles. The van der Waals surface area contributed by atoms with Crippen LogP contribution in [0.4, 0.5) is 4.79 Å². The second-order valence-corrected chi connectivity index (χ2v) is 10.2. The Morgan fingerprint density at radius 1 is 0.943 bits per heavy atom. The number of carbonyl (C=O) groups excluding carboxylic acids is 2. The van der Waals surface area contributed by atoms with Gasteiger partial charge < -0.3 is 20.5 Å². The Hall–Kier alpha value is -3.35. The van der Waals surface area contributed by atoms with Crippen molar-refractivity contribution in [3.63, 3.8) is 0 Å². The van der Waals surface area contributed by atoms with E-state index in [1.54, 1.807) is 0 Å². The van der Waals surface area contributed by atoms with E-state index in [1.807, 2.05) is 24.3 Å². The number of fused-ring (bicyclic) bond motifs is 3. The lowest BCUT2D eigenvalue weighted by molar-refractivity contribution is -0.148. The molecule has 0 bridgehead atoms. The summed E-state index contributed by atoms with van der Waals surface area (Å²) < 4.78 is 5.64. The highest BCUT2D eigenvalue weighted by atomic mass is 16.5. The van der Waals surface area contributed by atoms with Crippen molar-refractivity contribution in [3.05, 3.63) is 59.7 Å². The molecule has 3 N–H and O–H groups in total. The first kappa shape index (κ1) is 23.4. The molecular weight excluding hydrogens is 444 g/mol. The highest BCUT2D eigenvalue weighted by Gasteiger charge is 2.42. The highest BCUT2D eigenvalue weighted by Crippen LogP contribution is 2.44. The summed E-state index contributed by atoms with van der Waals surface area (Å²) in [5.74, 6) is -1.15. The van der Waals surface area contributed by atoms with E-state index in [0.717, 1.165) is 12.8 Å². The monoisotopic (exact) mass is 476 g/mol. The molecule has 5 rings (SSSR count). The first-order valence-electron chi connectivity index (χ1n) is 12.6. The molecule has 0 heterocycles. The lowest BCUT2D eigenvalue weighted by Gasteiger charge is -2.25. The van der Waals surface area contributed by atoms with Gasteiger partial charge in [-0.3, -0.25) is 9.59 Å². The normalized spacial score (nSPS) is 22.3. The van der Waals surface area contributed by atoms with Gasteiger partial charge in [0.15, 0.2) is 0 Å². The number of carboxylic acid groups (broad SMARTS) is 1. The van der Waals surface area contributed by atoms with E-state index < -0.39 is 17.5 Å². The van der Waals surface area contributed by atoms with Crippen molar-refractivity contribution >= 4 is 18.0 Å². The molecule has 0 spiro atoms. The maximum atomic E-state index is 12.7. The van der Waals surface area contributed by atoms with E-state index in [1.165, 1.54) is 22.3 Å². The van der Waals surface area contributed by atoms with Gasteiger partial charge >= 0.3 is 12.1 Å². The predicted octanol–water partition coefficient (Wildman–Crippen LogP) is 4.46. The number of benzene rings is 2. The number of carboxylic acids is 1. The van der Waals surface area contributed by atoms with Crippen LogP contribution in [0.3, 0.4) is 0 Å². The molecule has 3 aliphatic carbocycles. The van der Waals surface area contributed by atoms with Gasteiger partial charge in [-0.05, 0) is 54.4 Å². The SMILES string of the molecule is O=C(N[C@@H]1CC[C@H](C(=O)NCC2(C(=O)O)CCCC2)C1)OCC1c2ccccc2-c2ccccc21. The Labute approximate surface area is 205 Å². The van der Waals surface area contributed by atoms with Crippen LogP contribution in [0.2, 0.25) is 0 Å². The molecular formula is C28H32N2O5. The van der Waals surface area contributed by atoms with Gasteiger partial charge in [-0.25, -0.2) is 4.79 Å². The number of nitrogens with one attached hydrogen (secondary N) is 2. The molecule has 0 aromatic heterocycles. The number of ether oxygens (including phenoxy) is 1. The topological polar surface area (TPSA) is 105 Å². The van der Waals surface area contributed by atoms with Gasteiger partial charge in [0.05, 0.1) is 5.41 Å². The Balaban J connectivity index is 1.11. The Morgan fingerprint density at radius 2 is 1.57 bits per heavy atom. The molecule has 2 atom stereocenters. The number of amides is 2. The number of hydrogen-bond acceptors (Lipinski definition) is 4. The zero-order chi connectivity index (χ0) is 24.4. The van der Waals surface area contributed by atoms with E-state index in [9.17, 15) is 19.5 Å². The molecule has 7 nitrogen and oxygen atoms in total. The highest BCUT2D eigenvalue weighted by molar-refractivity contribution is 5.81. The van der Waals surface area contributed by atoms with Crippen LogP contribution in [0.5, 0.6) is 0 Å². The van der Waals surface area contributed by atoms with Crippen LogP contribution in [-0.2, 0) is 14.3 Å². The third-order valence-corrected chi connectivity index (χ3v) is 8.08. The average molecular weight is 477 g/mol. The van der Waals surface area contributed by atoms with Crippen molar-refractivity contribution < 1.29 is 24.2 Å². The van der Waals surface area contributed by atoms with Crippen molar-refractivity contribution in [2.24, 2.45) is 11.3 Å². The van der Waals surface area contributed by atoms with Crippen molar-refractivity contribution in [2.45, 2.75) is 56.9 Å². The van der Waals surface area contributed by atoms with Crippen molar-refractivity contribution in [1.82, 2.24) is 10.6 Å². The molecule has 3 aliphatic rings. The van der Waals surface area contributed by atoms with Crippen LogP contribution in [0.15, 0.2) is 48.5 Å². The van der Waals surface area contributed by atoms with Crippen LogP contribution < -0.4 is 10.6 Å². The second-order valence-electron chi connectivity index (χ2n) is 10.2. The summed E-state index contributed by atoms with van der Waals surface area (Å²) in [7, 11) is 0. The lowest BCUT2D eigenvalue weighted by Crippen LogP contribution is -2.43. The van der Waals surface area contributed by atoms with Crippen LogP contribution in [0, 0.1) is 11.3 Å². The molecule has 0 aliphatic heterocycles. The summed E-state index contributed by atoms with van der Waals surface area (Å²) in [5, 5.41) is 15.4. The number of carbonyl (C=O) groups is 3. The van der Waals surface area contributed by atoms with Crippen LogP contribution in [-0.4, -0.2) is 42.3 Å². The summed E-state index contributed by atoms with van der Waals surface area (Å²) in [5.41, 5.74) is 3.88. The fourth-order valence-electron chi connectivity index (χ4n) is 6.08. The second kappa shape index (κ2) is 9.72. The fraction of sp³-hybridized carbons (Fsp3) is 0.464. The van der Waals surface area contributed by atoms with E-state index >= 15 is 0 Å². The molecule has 2 aromatic rings. The molecule has 2 fully saturated rings. The van der Waals surface area contributed by atoms with Gasteiger partial charge in [-0.2, -0.15) is 0 Å². The zero-order valence-corrected chi connectivity index (χ0v) is 19.8. The molecule has 184 valence electrons. The summed E-state index contributed by atoms with van der Waals surface area (Å²) in [6.07, 6.45) is 4.44. The maximum absolute atomic E-state index is 12.7. The van der Waals surface area contributed by atoms with E-state index in [0.29, 0.717) is 32.1 Å². The minimum Gasteiger partial charge on any atom is -0.481 e. The largest absolute Gasteiger partial charge is 0.481 e. The third kappa shape index (κ3) is 4.64. The minimum absolute atomic E-state index is 0.00685. The number of alkyl carbamates (subject to hydrolysis) is 1. The van der Waals surface area contributed by atoms with Crippen molar-refractivity contribution in [1.29, 1.82) is 0 Å². The number of rotatable bonds is 7. The van der Waals surface area contributed by atoms with Crippen molar-refractivity contribution in [2.75, 3.05) is 13.2 Å². The summed E-state index contributed by atoms with van der Waals surface area (Å²) in [6, 6.07) is 16.3. The molecule has 0 unspecified atom stereocenters.